The van der Waals surface area contributed by atoms with Crippen LogP contribution in [0.4, 0.5) is 0 Å². The number of halogens is 2. The molecule has 2 amide bonds. The SMILES string of the molecule is CN1CCN(Cc2cccc(C(=O)N3CCCC(C(=O)NCCN)C3)c2)CC1.Cl.Cl. The van der Waals surface area contributed by atoms with Gasteiger partial charge in [-0.3, -0.25) is 14.5 Å². The molecule has 3 rings (SSSR count). The minimum atomic E-state index is -0.141. The summed E-state index contributed by atoms with van der Waals surface area (Å²) in [5.74, 6) is -0.110. The van der Waals surface area contributed by atoms with Gasteiger partial charge in [-0.2, -0.15) is 0 Å². The topological polar surface area (TPSA) is 81.9 Å². The van der Waals surface area contributed by atoms with Crippen LogP contribution in [0.3, 0.4) is 0 Å². The zero-order valence-corrected chi connectivity index (χ0v) is 19.3. The van der Waals surface area contributed by atoms with E-state index < -0.39 is 0 Å². The highest BCUT2D eigenvalue weighted by atomic mass is 35.5. The summed E-state index contributed by atoms with van der Waals surface area (Å²) in [7, 11) is 2.15. The van der Waals surface area contributed by atoms with E-state index in [4.69, 9.17) is 5.73 Å². The van der Waals surface area contributed by atoms with Crippen molar-refractivity contribution in [2.45, 2.75) is 19.4 Å². The molecular formula is C21H35Cl2N5O2. The Kier molecular flexibility index (Phi) is 11.7. The van der Waals surface area contributed by atoms with E-state index in [1.165, 1.54) is 5.56 Å². The summed E-state index contributed by atoms with van der Waals surface area (Å²) in [5.41, 5.74) is 7.35. The van der Waals surface area contributed by atoms with E-state index >= 15 is 0 Å². The third kappa shape index (κ3) is 7.39. The summed E-state index contributed by atoms with van der Waals surface area (Å²) < 4.78 is 0. The molecule has 2 heterocycles. The molecule has 0 radical (unpaired) electrons. The molecule has 7 nitrogen and oxygen atoms in total. The predicted molar refractivity (Wildman–Crippen MR) is 124 cm³/mol. The predicted octanol–water partition coefficient (Wildman–Crippen LogP) is 1.20. The number of amides is 2. The number of likely N-dealkylation sites (tertiary alicyclic amines) is 1. The van der Waals surface area contributed by atoms with Crippen LogP contribution in [-0.4, -0.2) is 85.9 Å². The van der Waals surface area contributed by atoms with Crippen molar-refractivity contribution in [3.63, 3.8) is 0 Å². The molecule has 30 heavy (non-hydrogen) atoms. The van der Waals surface area contributed by atoms with E-state index in [1.807, 2.05) is 23.1 Å². The average molecular weight is 460 g/mol. The van der Waals surface area contributed by atoms with Gasteiger partial charge in [0, 0.05) is 64.5 Å². The van der Waals surface area contributed by atoms with Gasteiger partial charge in [0.2, 0.25) is 5.91 Å². The first-order chi connectivity index (χ1) is 13.6. The monoisotopic (exact) mass is 459 g/mol. The van der Waals surface area contributed by atoms with E-state index in [2.05, 4.69) is 28.2 Å². The lowest BCUT2D eigenvalue weighted by Gasteiger charge is -2.33. The van der Waals surface area contributed by atoms with Gasteiger partial charge < -0.3 is 20.9 Å². The van der Waals surface area contributed by atoms with E-state index in [9.17, 15) is 9.59 Å². The van der Waals surface area contributed by atoms with Gasteiger partial charge in [-0.05, 0) is 37.6 Å². The number of benzene rings is 1. The molecule has 1 aromatic carbocycles. The van der Waals surface area contributed by atoms with Crippen LogP contribution in [0.5, 0.6) is 0 Å². The minimum absolute atomic E-state index is 0. The number of rotatable bonds is 6. The Morgan fingerprint density at radius 2 is 1.87 bits per heavy atom. The summed E-state index contributed by atoms with van der Waals surface area (Å²) in [4.78, 5) is 31.9. The molecule has 0 aliphatic carbocycles. The van der Waals surface area contributed by atoms with E-state index in [0.29, 0.717) is 26.2 Å². The van der Waals surface area contributed by atoms with Crippen molar-refractivity contribution in [1.82, 2.24) is 20.0 Å². The molecule has 9 heteroatoms. The first-order valence-corrected chi connectivity index (χ1v) is 10.3. The quantitative estimate of drug-likeness (QED) is 0.667. The minimum Gasteiger partial charge on any atom is -0.355 e. The van der Waals surface area contributed by atoms with Crippen molar-refractivity contribution in [3.8, 4) is 0 Å². The molecule has 2 aliphatic rings. The third-order valence-electron chi connectivity index (χ3n) is 5.70. The first-order valence-electron chi connectivity index (χ1n) is 10.3. The Hall–Kier alpha value is -1.38. The van der Waals surface area contributed by atoms with Crippen LogP contribution in [0.1, 0.15) is 28.8 Å². The Bertz CT molecular complexity index is 683. The van der Waals surface area contributed by atoms with Crippen LogP contribution >= 0.6 is 24.8 Å². The fraction of sp³-hybridized carbons (Fsp3) is 0.619. The lowest BCUT2D eigenvalue weighted by Crippen LogP contribution is -2.46. The van der Waals surface area contributed by atoms with E-state index in [-0.39, 0.29) is 42.5 Å². The number of piperidine rings is 1. The molecule has 2 saturated heterocycles. The molecule has 1 aromatic rings. The van der Waals surface area contributed by atoms with Crippen LogP contribution in [-0.2, 0) is 11.3 Å². The summed E-state index contributed by atoms with van der Waals surface area (Å²) in [6.07, 6.45) is 1.68. The van der Waals surface area contributed by atoms with Crippen molar-refractivity contribution in [3.05, 3.63) is 35.4 Å². The van der Waals surface area contributed by atoms with Gasteiger partial charge in [-0.25, -0.2) is 0 Å². The van der Waals surface area contributed by atoms with Crippen molar-refractivity contribution in [2.24, 2.45) is 11.7 Å². The van der Waals surface area contributed by atoms with Crippen LogP contribution in [0, 0.1) is 5.92 Å². The number of nitrogens with zero attached hydrogens (tertiary/aromatic N) is 3. The number of nitrogens with two attached hydrogens (primary N) is 1. The Morgan fingerprint density at radius 3 is 2.57 bits per heavy atom. The molecule has 170 valence electrons. The molecule has 2 fully saturated rings. The molecule has 2 aliphatic heterocycles. The van der Waals surface area contributed by atoms with Gasteiger partial charge in [0.1, 0.15) is 0 Å². The van der Waals surface area contributed by atoms with Gasteiger partial charge >= 0.3 is 0 Å². The number of carbonyl (C=O) groups excluding carboxylic acids is 2. The summed E-state index contributed by atoms with van der Waals surface area (Å²) in [6, 6.07) is 7.95. The summed E-state index contributed by atoms with van der Waals surface area (Å²) in [5, 5.41) is 2.85. The van der Waals surface area contributed by atoms with Crippen molar-refractivity contribution in [2.75, 3.05) is 59.4 Å². The lowest BCUT2D eigenvalue weighted by molar-refractivity contribution is -0.126. The highest BCUT2D eigenvalue weighted by molar-refractivity contribution is 5.95. The largest absolute Gasteiger partial charge is 0.355 e. The highest BCUT2D eigenvalue weighted by Gasteiger charge is 2.28. The van der Waals surface area contributed by atoms with Gasteiger partial charge in [-0.1, -0.05) is 12.1 Å². The fourth-order valence-electron chi connectivity index (χ4n) is 3.96. The molecule has 0 spiro atoms. The lowest BCUT2D eigenvalue weighted by atomic mass is 9.96. The number of hydrogen-bond donors (Lipinski definition) is 2. The molecule has 1 unspecified atom stereocenters. The molecule has 0 aromatic heterocycles. The Balaban J connectivity index is 0.00000225. The second-order valence-corrected chi connectivity index (χ2v) is 7.95. The second-order valence-electron chi connectivity index (χ2n) is 7.95. The van der Waals surface area contributed by atoms with Crippen molar-refractivity contribution >= 4 is 36.6 Å². The van der Waals surface area contributed by atoms with Gasteiger partial charge in [0.25, 0.3) is 5.91 Å². The standard InChI is InChI=1S/C21H33N5O2.2ClH/c1-24-10-12-25(13-11-24)15-17-4-2-5-18(14-17)21(28)26-9-3-6-19(16-26)20(27)23-8-7-22;;/h2,4-5,14,19H,3,6-13,15-16,22H2,1H3,(H,23,27);2*1H. The van der Waals surface area contributed by atoms with Crippen LogP contribution in [0.15, 0.2) is 24.3 Å². The zero-order valence-electron chi connectivity index (χ0n) is 17.7. The maximum atomic E-state index is 13.0. The first kappa shape index (κ1) is 26.7. The molecular weight excluding hydrogens is 425 g/mol. The van der Waals surface area contributed by atoms with Gasteiger partial charge in [0.15, 0.2) is 0 Å². The summed E-state index contributed by atoms with van der Waals surface area (Å²) >= 11 is 0. The Labute approximate surface area is 192 Å². The fourth-order valence-corrected chi connectivity index (χ4v) is 3.96. The van der Waals surface area contributed by atoms with Crippen molar-refractivity contribution in [1.29, 1.82) is 0 Å². The van der Waals surface area contributed by atoms with Crippen LogP contribution in [0.2, 0.25) is 0 Å². The molecule has 0 bridgehead atoms. The smallest absolute Gasteiger partial charge is 0.253 e. The van der Waals surface area contributed by atoms with Gasteiger partial charge in [0.05, 0.1) is 5.92 Å². The average Bonchev–Trinajstić information content (AvgIpc) is 2.73. The Morgan fingerprint density at radius 1 is 1.13 bits per heavy atom. The van der Waals surface area contributed by atoms with E-state index in [1.54, 1.807) is 0 Å². The van der Waals surface area contributed by atoms with Gasteiger partial charge in [-0.15, -0.1) is 24.8 Å². The number of carbonyl (C=O) groups is 2. The van der Waals surface area contributed by atoms with Crippen LogP contribution < -0.4 is 11.1 Å². The highest BCUT2D eigenvalue weighted by Crippen LogP contribution is 2.20. The molecule has 0 saturated carbocycles. The molecule has 1 atom stereocenters. The number of likely N-dealkylation sites (N-methyl/N-ethyl adjacent to an activating group) is 1. The maximum Gasteiger partial charge on any atom is 0.253 e. The second kappa shape index (κ2) is 13.1. The summed E-state index contributed by atoms with van der Waals surface area (Å²) in [6.45, 7) is 7.26. The third-order valence-corrected chi connectivity index (χ3v) is 5.70. The van der Waals surface area contributed by atoms with Crippen molar-refractivity contribution < 1.29 is 9.59 Å². The number of hydrogen-bond acceptors (Lipinski definition) is 5. The van der Waals surface area contributed by atoms with Crippen LogP contribution in [0.25, 0.3) is 0 Å². The number of piperazine rings is 1. The normalized spacial score (nSPS) is 20.1. The molecule has 3 N–H and O–H groups in total. The zero-order chi connectivity index (χ0) is 19.9. The maximum absolute atomic E-state index is 13.0. The number of nitrogens with one attached hydrogen (secondary N) is 1. The van der Waals surface area contributed by atoms with E-state index in [0.717, 1.165) is 51.1 Å².